The van der Waals surface area contributed by atoms with Gasteiger partial charge >= 0.3 is 0 Å². The third-order valence-corrected chi connectivity index (χ3v) is 2.51. The first-order valence-corrected chi connectivity index (χ1v) is 5.53. The van der Waals surface area contributed by atoms with E-state index in [0.29, 0.717) is 25.2 Å². The number of methoxy groups -OCH3 is 1. The number of ether oxygens (including phenoxy) is 1. The molecule has 19 heavy (non-hydrogen) atoms. The molecular weight excluding hydrogens is 259 g/mol. The molecule has 1 heterocycles. The van der Waals surface area contributed by atoms with Crippen molar-refractivity contribution in [2.75, 3.05) is 19.0 Å². The maximum Gasteiger partial charge on any atom is 0.207 e. The van der Waals surface area contributed by atoms with Gasteiger partial charge in [-0.2, -0.15) is 0 Å². The Morgan fingerprint density at radius 2 is 1.95 bits per heavy atom. The monoisotopic (exact) mass is 271 g/mol. The molecule has 0 radical (unpaired) electrons. The third kappa shape index (κ3) is 3.05. The van der Waals surface area contributed by atoms with Crippen molar-refractivity contribution in [2.45, 2.75) is 6.54 Å². The minimum absolute atomic E-state index is 0.177. The zero-order chi connectivity index (χ0) is 13.8. The molecule has 1 aromatic carbocycles. The Kier molecular flexibility index (Phi) is 4.06. The largest absolute Gasteiger partial charge is 0.383 e. The summed E-state index contributed by atoms with van der Waals surface area (Å²) >= 11 is 0. The van der Waals surface area contributed by atoms with Crippen LogP contribution < -0.4 is 5.32 Å². The molecule has 102 valence electrons. The van der Waals surface area contributed by atoms with Gasteiger partial charge in [0.15, 0.2) is 11.6 Å². The van der Waals surface area contributed by atoms with Gasteiger partial charge in [0, 0.05) is 38.2 Å². The molecule has 0 saturated carbocycles. The van der Waals surface area contributed by atoms with E-state index < -0.39 is 17.5 Å². The quantitative estimate of drug-likeness (QED) is 0.850. The van der Waals surface area contributed by atoms with Crippen LogP contribution in [0.2, 0.25) is 0 Å². The number of imidazole rings is 1. The fraction of sp³-hybridized carbons (Fsp3) is 0.250. The summed E-state index contributed by atoms with van der Waals surface area (Å²) in [5.41, 5.74) is -0.177. The normalized spacial score (nSPS) is 10.7. The number of rotatable bonds is 5. The van der Waals surface area contributed by atoms with Gasteiger partial charge in [-0.15, -0.1) is 0 Å². The van der Waals surface area contributed by atoms with Crippen LogP contribution in [0.4, 0.5) is 24.8 Å². The summed E-state index contributed by atoms with van der Waals surface area (Å²) in [6, 6.07) is 1.24. The minimum atomic E-state index is -1.23. The van der Waals surface area contributed by atoms with Crippen molar-refractivity contribution in [1.82, 2.24) is 9.55 Å². The molecule has 0 spiro atoms. The molecular formula is C12H12F3N3O. The first-order valence-electron chi connectivity index (χ1n) is 5.53. The molecule has 7 heteroatoms. The second kappa shape index (κ2) is 5.75. The third-order valence-electron chi connectivity index (χ3n) is 2.51. The van der Waals surface area contributed by atoms with Crippen molar-refractivity contribution in [3.63, 3.8) is 0 Å². The maximum absolute atomic E-state index is 13.5. The minimum Gasteiger partial charge on any atom is -0.383 e. The Labute approximate surface area is 107 Å². The fourth-order valence-corrected chi connectivity index (χ4v) is 1.54. The van der Waals surface area contributed by atoms with Gasteiger partial charge in [-0.05, 0) is 0 Å². The highest BCUT2D eigenvalue weighted by Gasteiger charge is 2.11. The van der Waals surface area contributed by atoms with E-state index in [1.807, 2.05) is 0 Å². The van der Waals surface area contributed by atoms with E-state index in [1.165, 1.54) is 6.20 Å². The predicted octanol–water partition coefficient (Wildman–Crippen LogP) is 2.69. The van der Waals surface area contributed by atoms with Crippen LogP contribution in [0.5, 0.6) is 0 Å². The number of aromatic nitrogens is 2. The second-order valence-electron chi connectivity index (χ2n) is 3.81. The van der Waals surface area contributed by atoms with Crippen molar-refractivity contribution in [2.24, 2.45) is 0 Å². The molecule has 0 fully saturated rings. The predicted molar refractivity (Wildman–Crippen MR) is 63.7 cm³/mol. The summed E-state index contributed by atoms with van der Waals surface area (Å²) in [5.74, 6) is -2.92. The average molecular weight is 271 g/mol. The first-order chi connectivity index (χ1) is 9.11. The molecule has 2 rings (SSSR count). The number of nitrogens with one attached hydrogen (secondary N) is 1. The summed E-state index contributed by atoms with van der Waals surface area (Å²) < 4.78 is 45.9. The van der Waals surface area contributed by atoms with E-state index in [1.54, 1.807) is 17.9 Å². The van der Waals surface area contributed by atoms with Gasteiger partial charge in [-0.1, -0.05) is 0 Å². The van der Waals surface area contributed by atoms with Gasteiger partial charge in [0.1, 0.15) is 5.82 Å². The van der Waals surface area contributed by atoms with Crippen molar-refractivity contribution in [3.05, 3.63) is 42.0 Å². The number of hydrogen-bond acceptors (Lipinski definition) is 3. The smallest absolute Gasteiger partial charge is 0.207 e. The van der Waals surface area contributed by atoms with Crippen LogP contribution in [0.1, 0.15) is 0 Å². The average Bonchev–Trinajstić information content (AvgIpc) is 2.81. The van der Waals surface area contributed by atoms with Gasteiger partial charge in [-0.25, -0.2) is 18.2 Å². The van der Waals surface area contributed by atoms with E-state index in [9.17, 15) is 13.2 Å². The number of anilines is 2. The lowest BCUT2D eigenvalue weighted by atomic mass is 10.3. The van der Waals surface area contributed by atoms with Crippen LogP contribution in [0, 0.1) is 17.5 Å². The lowest BCUT2D eigenvalue weighted by Gasteiger charge is -2.10. The molecule has 0 aliphatic rings. The zero-order valence-electron chi connectivity index (χ0n) is 10.2. The molecule has 0 aliphatic carbocycles. The Morgan fingerprint density at radius 1 is 1.21 bits per heavy atom. The molecule has 4 nitrogen and oxygen atoms in total. The summed E-state index contributed by atoms with van der Waals surface area (Å²) in [7, 11) is 1.55. The Morgan fingerprint density at radius 3 is 2.68 bits per heavy atom. The van der Waals surface area contributed by atoms with Crippen molar-refractivity contribution in [3.8, 4) is 0 Å². The highest BCUT2D eigenvalue weighted by atomic mass is 19.2. The molecule has 0 aliphatic heterocycles. The zero-order valence-corrected chi connectivity index (χ0v) is 10.2. The van der Waals surface area contributed by atoms with E-state index in [2.05, 4.69) is 10.3 Å². The van der Waals surface area contributed by atoms with Gasteiger partial charge in [0.25, 0.3) is 0 Å². The number of benzene rings is 1. The topological polar surface area (TPSA) is 39.1 Å². The second-order valence-corrected chi connectivity index (χ2v) is 3.81. The van der Waals surface area contributed by atoms with Crippen LogP contribution in [0.3, 0.4) is 0 Å². The summed E-state index contributed by atoms with van der Waals surface area (Å²) in [5, 5.41) is 2.61. The summed E-state index contributed by atoms with van der Waals surface area (Å²) in [6.07, 6.45) is 3.18. The standard InChI is InChI=1S/C12H12F3N3O/c1-19-5-4-18-3-2-16-12(18)17-11-7-9(14)8(13)6-10(11)15/h2-3,6-7H,4-5H2,1H3,(H,16,17). The highest BCUT2D eigenvalue weighted by Crippen LogP contribution is 2.21. The van der Waals surface area contributed by atoms with Crippen LogP contribution >= 0.6 is 0 Å². The fourth-order valence-electron chi connectivity index (χ4n) is 1.54. The Hall–Kier alpha value is -2.02. The van der Waals surface area contributed by atoms with Crippen LogP contribution in [-0.2, 0) is 11.3 Å². The van der Waals surface area contributed by atoms with Crippen LogP contribution in [-0.4, -0.2) is 23.3 Å². The van der Waals surface area contributed by atoms with E-state index in [-0.39, 0.29) is 5.69 Å². The SMILES string of the molecule is COCCn1ccnc1Nc1cc(F)c(F)cc1F. The molecule has 2 aromatic rings. The molecule has 1 aromatic heterocycles. The molecule has 0 saturated heterocycles. The highest BCUT2D eigenvalue weighted by molar-refractivity contribution is 5.54. The molecule has 0 atom stereocenters. The Bertz CT molecular complexity index is 571. The first kappa shape index (κ1) is 13.4. The summed E-state index contributed by atoms with van der Waals surface area (Å²) in [6.45, 7) is 0.954. The molecule has 0 amide bonds. The molecule has 0 bridgehead atoms. The van der Waals surface area contributed by atoms with E-state index in [0.717, 1.165) is 6.07 Å². The van der Waals surface area contributed by atoms with Crippen molar-refractivity contribution >= 4 is 11.6 Å². The van der Waals surface area contributed by atoms with Gasteiger partial charge < -0.3 is 14.6 Å². The lowest BCUT2D eigenvalue weighted by molar-refractivity contribution is 0.188. The number of halogens is 3. The lowest BCUT2D eigenvalue weighted by Crippen LogP contribution is -2.08. The van der Waals surface area contributed by atoms with Crippen molar-refractivity contribution < 1.29 is 17.9 Å². The van der Waals surface area contributed by atoms with Crippen LogP contribution in [0.25, 0.3) is 0 Å². The van der Waals surface area contributed by atoms with Gasteiger partial charge in [0.2, 0.25) is 5.95 Å². The van der Waals surface area contributed by atoms with E-state index >= 15 is 0 Å². The number of nitrogens with zero attached hydrogens (tertiary/aromatic N) is 2. The number of hydrogen-bond donors (Lipinski definition) is 1. The van der Waals surface area contributed by atoms with Gasteiger partial charge in [-0.3, -0.25) is 0 Å². The Balaban J connectivity index is 2.21. The molecule has 1 N–H and O–H groups in total. The summed E-state index contributed by atoms with van der Waals surface area (Å²) in [4.78, 5) is 3.97. The van der Waals surface area contributed by atoms with E-state index in [4.69, 9.17) is 4.74 Å². The molecule has 0 unspecified atom stereocenters. The van der Waals surface area contributed by atoms with Crippen LogP contribution in [0.15, 0.2) is 24.5 Å². The maximum atomic E-state index is 13.5. The van der Waals surface area contributed by atoms with Gasteiger partial charge in [0.05, 0.1) is 12.3 Å². The van der Waals surface area contributed by atoms with Crippen molar-refractivity contribution in [1.29, 1.82) is 0 Å².